The quantitative estimate of drug-likeness (QED) is 0.797. The van der Waals surface area contributed by atoms with Crippen LogP contribution in [0.15, 0.2) is 53.4 Å². The number of anilines is 1. The highest BCUT2D eigenvalue weighted by Gasteiger charge is 2.17. The van der Waals surface area contributed by atoms with E-state index in [1.807, 2.05) is 0 Å². The van der Waals surface area contributed by atoms with E-state index in [2.05, 4.69) is 5.32 Å². The number of carbonyl (C=O) groups excluding carboxylic acids is 2. The van der Waals surface area contributed by atoms with Crippen LogP contribution in [0.4, 0.5) is 5.69 Å². The van der Waals surface area contributed by atoms with Gasteiger partial charge in [0.1, 0.15) is 0 Å². The number of nitrogens with one attached hydrogen (secondary N) is 1. The van der Waals surface area contributed by atoms with Crippen molar-refractivity contribution in [3.63, 3.8) is 0 Å². The third-order valence-corrected chi connectivity index (χ3v) is 4.66. The fraction of sp³-hybridized carbons (Fsp3) is 0.176. The van der Waals surface area contributed by atoms with E-state index in [0.29, 0.717) is 21.4 Å². The molecule has 7 heteroatoms. The maximum atomic E-state index is 12.1. The topological polar surface area (TPSA) is 72.5 Å². The van der Waals surface area contributed by atoms with Crippen LogP contribution in [0.25, 0.3) is 0 Å². The van der Waals surface area contributed by atoms with E-state index < -0.39 is 29.3 Å². The van der Waals surface area contributed by atoms with E-state index in [4.69, 9.17) is 16.3 Å². The predicted octanol–water partition coefficient (Wildman–Crippen LogP) is 3.26. The minimum Gasteiger partial charge on any atom is -0.452 e. The second kappa shape index (κ2) is 8.61. The SMILES string of the molecule is CCS(=O)c1ccccc1C(=O)OCC(=O)Nc1cccc(Cl)c1. The van der Waals surface area contributed by atoms with Gasteiger partial charge in [0.25, 0.3) is 5.91 Å². The molecule has 0 radical (unpaired) electrons. The molecule has 1 atom stereocenters. The fourth-order valence-electron chi connectivity index (χ4n) is 1.96. The Hall–Kier alpha value is -2.18. The number of esters is 1. The van der Waals surface area contributed by atoms with Crippen LogP contribution in [0.5, 0.6) is 0 Å². The minimum absolute atomic E-state index is 0.202. The van der Waals surface area contributed by atoms with Crippen molar-refractivity contribution < 1.29 is 18.5 Å². The van der Waals surface area contributed by atoms with Crippen molar-refractivity contribution in [3.8, 4) is 0 Å². The number of halogens is 1. The summed E-state index contributed by atoms with van der Waals surface area (Å²) in [4.78, 5) is 24.4. The first-order valence-corrected chi connectivity index (χ1v) is 8.91. The molecule has 0 aliphatic rings. The summed E-state index contributed by atoms with van der Waals surface area (Å²) >= 11 is 5.83. The van der Waals surface area contributed by atoms with Crippen molar-refractivity contribution in [2.24, 2.45) is 0 Å². The predicted molar refractivity (Wildman–Crippen MR) is 93.8 cm³/mol. The molecule has 2 aromatic rings. The van der Waals surface area contributed by atoms with Gasteiger partial charge in [-0.2, -0.15) is 0 Å². The highest BCUT2D eigenvalue weighted by molar-refractivity contribution is 7.85. The normalized spacial score (nSPS) is 11.6. The number of ether oxygens (including phenoxy) is 1. The van der Waals surface area contributed by atoms with Gasteiger partial charge >= 0.3 is 5.97 Å². The molecule has 24 heavy (non-hydrogen) atoms. The molecule has 0 bridgehead atoms. The lowest BCUT2D eigenvalue weighted by Crippen LogP contribution is -2.21. The van der Waals surface area contributed by atoms with Gasteiger partial charge in [-0.15, -0.1) is 0 Å². The minimum atomic E-state index is -1.29. The molecule has 126 valence electrons. The van der Waals surface area contributed by atoms with Crippen LogP contribution in [0.2, 0.25) is 5.02 Å². The van der Waals surface area contributed by atoms with Crippen molar-refractivity contribution in [2.45, 2.75) is 11.8 Å². The molecule has 0 saturated heterocycles. The Labute approximate surface area is 147 Å². The number of amides is 1. The zero-order valence-corrected chi connectivity index (χ0v) is 14.5. The lowest BCUT2D eigenvalue weighted by molar-refractivity contribution is -0.119. The number of rotatable bonds is 6. The summed E-state index contributed by atoms with van der Waals surface area (Å²) in [6, 6.07) is 13.1. The van der Waals surface area contributed by atoms with Crippen LogP contribution in [0.1, 0.15) is 17.3 Å². The third-order valence-electron chi connectivity index (χ3n) is 3.06. The maximum Gasteiger partial charge on any atom is 0.339 e. The molecule has 0 aliphatic heterocycles. The second-order valence-electron chi connectivity index (χ2n) is 4.77. The highest BCUT2D eigenvalue weighted by Crippen LogP contribution is 2.16. The van der Waals surface area contributed by atoms with Crippen LogP contribution in [0.3, 0.4) is 0 Å². The van der Waals surface area contributed by atoms with Crippen molar-refractivity contribution in [1.82, 2.24) is 0 Å². The van der Waals surface area contributed by atoms with Crippen molar-refractivity contribution in [3.05, 3.63) is 59.1 Å². The first kappa shape index (κ1) is 18.2. The van der Waals surface area contributed by atoms with Crippen LogP contribution in [-0.2, 0) is 20.3 Å². The first-order chi connectivity index (χ1) is 11.5. The second-order valence-corrected chi connectivity index (χ2v) is 6.91. The van der Waals surface area contributed by atoms with Crippen LogP contribution in [0, 0.1) is 0 Å². The van der Waals surface area contributed by atoms with Crippen LogP contribution < -0.4 is 5.32 Å². The molecule has 0 saturated carbocycles. The van der Waals surface area contributed by atoms with Gasteiger partial charge in [0, 0.05) is 16.5 Å². The number of benzene rings is 2. The number of hydrogen-bond donors (Lipinski definition) is 1. The molecule has 5 nitrogen and oxygen atoms in total. The summed E-state index contributed by atoms with van der Waals surface area (Å²) < 4.78 is 17.0. The van der Waals surface area contributed by atoms with E-state index in [0.717, 1.165) is 0 Å². The number of carbonyl (C=O) groups is 2. The van der Waals surface area contributed by atoms with Crippen molar-refractivity contribution >= 4 is 40.0 Å². The molecule has 0 aromatic heterocycles. The Kier molecular flexibility index (Phi) is 6.52. The molecule has 0 heterocycles. The molecular weight excluding hydrogens is 350 g/mol. The van der Waals surface area contributed by atoms with Gasteiger partial charge < -0.3 is 10.1 Å². The van der Waals surface area contributed by atoms with E-state index in [1.165, 1.54) is 6.07 Å². The van der Waals surface area contributed by atoms with Crippen LogP contribution >= 0.6 is 11.6 Å². The summed E-state index contributed by atoms with van der Waals surface area (Å²) in [7, 11) is -1.29. The van der Waals surface area contributed by atoms with Crippen LogP contribution in [-0.4, -0.2) is 28.4 Å². The standard InChI is InChI=1S/C17H16ClNO4S/c1-2-24(22)15-9-4-3-8-14(15)17(21)23-11-16(20)19-13-7-5-6-12(18)10-13/h3-10H,2,11H2,1H3,(H,19,20). The van der Waals surface area contributed by atoms with E-state index in [1.54, 1.807) is 49.4 Å². The Morgan fingerprint density at radius 3 is 2.62 bits per heavy atom. The highest BCUT2D eigenvalue weighted by atomic mass is 35.5. The van der Waals surface area contributed by atoms with Gasteiger partial charge in [0.05, 0.1) is 21.3 Å². The Bertz CT molecular complexity index is 779. The molecule has 2 rings (SSSR count). The number of hydrogen-bond acceptors (Lipinski definition) is 4. The van der Waals surface area contributed by atoms with Gasteiger partial charge in [0.15, 0.2) is 6.61 Å². The molecule has 1 unspecified atom stereocenters. The summed E-state index contributed by atoms with van der Waals surface area (Å²) in [5.74, 6) is -0.784. The first-order valence-electron chi connectivity index (χ1n) is 7.21. The molecule has 2 aromatic carbocycles. The summed E-state index contributed by atoms with van der Waals surface area (Å²) in [6.45, 7) is 1.31. The van der Waals surface area contributed by atoms with E-state index in [9.17, 15) is 13.8 Å². The van der Waals surface area contributed by atoms with E-state index in [-0.39, 0.29) is 5.56 Å². The fourth-order valence-corrected chi connectivity index (χ4v) is 3.09. The molecule has 1 amide bonds. The van der Waals surface area contributed by atoms with Gasteiger partial charge in [0.2, 0.25) is 0 Å². The molecule has 0 aliphatic carbocycles. The maximum absolute atomic E-state index is 12.1. The zero-order valence-electron chi connectivity index (χ0n) is 13.0. The lowest BCUT2D eigenvalue weighted by Gasteiger charge is -2.09. The molecule has 0 spiro atoms. The molecular formula is C17H16ClNO4S. The summed E-state index contributed by atoms with van der Waals surface area (Å²) in [6.07, 6.45) is 0. The Morgan fingerprint density at radius 2 is 1.92 bits per heavy atom. The Balaban J connectivity index is 1.98. The average molecular weight is 366 g/mol. The largest absolute Gasteiger partial charge is 0.452 e. The van der Waals surface area contributed by atoms with Crippen molar-refractivity contribution in [2.75, 3.05) is 17.7 Å². The zero-order chi connectivity index (χ0) is 17.5. The monoisotopic (exact) mass is 365 g/mol. The third kappa shape index (κ3) is 4.91. The summed E-state index contributed by atoms with van der Waals surface area (Å²) in [5.41, 5.74) is 0.712. The van der Waals surface area contributed by atoms with Gasteiger partial charge in [-0.3, -0.25) is 9.00 Å². The van der Waals surface area contributed by atoms with Gasteiger partial charge in [-0.1, -0.05) is 36.7 Å². The smallest absolute Gasteiger partial charge is 0.339 e. The van der Waals surface area contributed by atoms with Gasteiger partial charge in [-0.05, 0) is 30.3 Å². The van der Waals surface area contributed by atoms with Gasteiger partial charge in [-0.25, -0.2) is 4.79 Å². The average Bonchev–Trinajstić information content (AvgIpc) is 2.59. The molecule has 1 N–H and O–H groups in total. The van der Waals surface area contributed by atoms with Crippen molar-refractivity contribution in [1.29, 1.82) is 0 Å². The Morgan fingerprint density at radius 1 is 1.17 bits per heavy atom. The van der Waals surface area contributed by atoms with E-state index >= 15 is 0 Å². The lowest BCUT2D eigenvalue weighted by atomic mass is 10.2. The summed E-state index contributed by atoms with van der Waals surface area (Å²) in [5, 5.41) is 3.06. The molecule has 0 fully saturated rings.